The fraction of sp³-hybridized carbons (Fsp3) is 1.00. The normalized spacial score (nSPS) is 21.6. The van der Waals surface area contributed by atoms with Gasteiger partial charge in [0, 0.05) is 0 Å². The van der Waals surface area contributed by atoms with E-state index in [9.17, 15) is 0 Å². The van der Waals surface area contributed by atoms with Gasteiger partial charge in [-0.3, -0.25) is 0 Å². The molecule has 1 rings (SSSR count). The van der Waals surface area contributed by atoms with Gasteiger partial charge >= 0.3 is 0 Å². The third-order valence-corrected chi connectivity index (χ3v) is 2.74. The van der Waals surface area contributed by atoms with Gasteiger partial charge in [-0.2, -0.15) is 0 Å². The molecule has 0 unspecified atom stereocenters. The van der Waals surface area contributed by atoms with Gasteiger partial charge in [-0.05, 0) is 44.8 Å². The van der Waals surface area contributed by atoms with E-state index in [0.29, 0.717) is 0 Å². The molecule has 1 nitrogen and oxygen atoms in total. The van der Waals surface area contributed by atoms with Crippen LogP contribution in [0.15, 0.2) is 0 Å². The predicted octanol–water partition coefficient (Wildman–Crippen LogP) is 2.13. The Labute approximate surface area is 64.4 Å². The van der Waals surface area contributed by atoms with Crippen LogP contribution in [0.3, 0.4) is 0 Å². The van der Waals surface area contributed by atoms with Crippen LogP contribution in [0.25, 0.3) is 0 Å². The minimum Gasteiger partial charge on any atom is -0.307 e. The third kappa shape index (κ3) is 2.30. The monoisotopic (exact) mass is 141 g/mol. The minimum atomic E-state index is 0.740. The van der Waals surface area contributed by atoms with Gasteiger partial charge in [0.15, 0.2) is 0 Å². The highest BCUT2D eigenvalue weighted by molar-refractivity contribution is 4.88. The van der Waals surface area contributed by atoms with Crippen LogP contribution in [0.1, 0.15) is 33.1 Å². The molecule has 0 saturated heterocycles. The molecular formula is C9H19N. The lowest BCUT2D eigenvalue weighted by Gasteiger charge is -2.16. The van der Waals surface area contributed by atoms with Crippen molar-refractivity contribution in [1.82, 2.24) is 4.90 Å². The number of hydrogen-bond donors (Lipinski definition) is 0. The Hall–Kier alpha value is -0.0400. The summed E-state index contributed by atoms with van der Waals surface area (Å²) in [4.78, 5) is 2.39. The van der Waals surface area contributed by atoms with E-state index in [-0.39, 0.29) is 0 Å². The van der Waals surface area contributed by atoms with E-state index in [1.54, 1.807) is 0 Å². The second kappa shape index (κ2) is 2.91. The molecule has 1 aliphatic carbocycles. The summed E-state index contributed by atoms with van der Waals surface area (Å²) in [5, 5.41) is 0. The van der Waals surface area contributed by atoms with Crippen LogP contribution < -0.4 is 0 Å². The van der Waals surface area contributed by atoms with Gasteiger partial charge in [-0.15, -0.1) is 0 Å². The summed E-state index contributed by atoms with van der Waals surface area (Å²) < 4.78 is 0. The third-order valence-electron chi connectivity index (χ3n) is 2.74. The first-order chi connectivity index (χ1) is 4.66. The molecule has 0 aliphatic heterocycles. The van der Waals surface area contributed by atoms with Crippen molar-refractivity contribution in [3.63, 3.8) is 0 Å². The van der Waals surface area contributed by atoms with Crippen LogP contribution >= 0.6 is 0 Å². The van der Waals surface area contributed by atoms with Crippen molar-refractivity contribution >= 4 is 0 Å². The zero-order chi connectivity index (χ0) is 7.61. The fourth-order valence-electron chi connectivity index (χ4n) is 1.08. The SMILES string of the molecule is CCN(C)CCC1(C)CC1. The molecule has 0 amide bonds. The largest absolute Gasteiger partial charge is 0.307 e. The molecule has 0 bridgehead atoms. The Morgan fingerprint density at radius 3 is 2.40 bits per heavy atom. The predicted molar refractivity (Wildman–Crippen MR) is 45.1 cm³/mol. The van der Waals surface area contributed by atoms with Gasteiger partial charge in [-0.25, -0.2) is 0 Å². The molecular weight excluding hydrogens is 122 g/mol. The lowest BCUT2D eigenvalue weighted by molar-refractivity contribution is 0.312. The Balaban J connectivity index is 2.04. The second-order valence-electron chi connectivity index (χ2n) is 3.96. The average molecular weight is 141 g/mol. The van der Waals surface area contributed by atoms with Gasteiger partial charge in [-0.1, -0.05) is 13.8 Å². The summed E-state index contributed by atoms with van der Waals surface area (Å²) in [6, 6.07) is 0. The van der Waals surface area contributed by atoms with Gasteiger partial charge in [0.1, 0.15) is 0 Å². The number of rotatable bonds is 4. The van der Waals surface area contributed by atoms with Gasteiger partial charge in [0.2, 0.25) is 0 Å². The summed E-state index contributed by atoms with van der Waals surface area (Å²) in [5.41, 5.74) is 0.740. The summed E-state index contributed by atoms with van der Waals surface area (Å²) in [5.74, 6) is 0. The first-order valence-corrected chi connectivity index (χ1v) is 4.35. The topological polar surface area (TPSA) is 3.24 Å². The fourth-order valence-corrected chi connectivity index (χ4v) is 1.08. The smallest absolute Gasteiger partial charge is 0.00167 e. The van der Waals surface area contributed by atoms with Crippen LogP contribution in [0.5, 0.6) is 0 Å². The van der Waals surface area contributed by atoms with Gasteiger partial charge in [0.05, 0.1) is 0 Å². The Morgan fingerprint density at radius 2 is 2.00 bits per heavy atom. The molecule has 1 fully saturated rings. The van der Waals surface area contributed by atoms with Crippen molar-refractivity contribution in [3.8, 4) is 0 Å². The van der Waals surface area contributed by atoms with Crippen LogP contribution in [-0.4, -0.2) is 25.0 Å². The molecule has 0 heterocycles. The molecule has 1 aliphatic rings. The quantitative estimate of drug-likeness (QED) is 0.579. The van der Waals surface area contributed by atoms with E-state index >= 15 is 0 Å². The average Bonchev–Trinajstić information content (AvgIpc) is 2.64. The van der Waals surface area contributed by atoms with Crippen molar-refractivity contribution in [2.75, 3.05) is 20.1 Å². The first kappa shape index (κ1) is 8.06. The molecule has 0 N–H and O–H groups in total. The highest BCUT2D eigenvalue weighted by Crippen LogP contribution is 2.47. The molecule has 0 radical (unpaired) electrons. The summed E-state index contributed by atoms with van der Waals surface area (Å²) in [7, 11) is 2.20. The maximum atomic E-state index is 2.40. The van der Waals surface area contributed by atoms with Crippen LogP contribution in [0, 0.1) is 5.41 Å². The van der Waals surface area contributed by atoms with Crippen molar-refractivity contribution in [3.05, 3.63) is 0 Å². The molecule has 60 valence electrons. The Kier molecular flexibility index (Phi) is 2.35. The maximum absolute atomic E-state index is 2.40. The standard InChI is InChI=1S/C9H19N/c1-4-10(3)8-7-9(2)5-6-9/h4-8H2,1-3H3. The van der Waals surface area contributed by atoms with E-state index in [4.69, 9.17) is 0 Å². The van der Waals surface area contributed by atoms with Crippen LogP contribution in [0.2, 0.25) is 0 Å². The molecule has 10 heavy (non-hydrogen) atoms. The second-order valence-corrected chi connectivity index (χ2v) is 3.96. The molecule has 1 saturated carbocycles. The summed E-state index contributed by atoms with van der Waals surface area (Å²) in [6.07, 6.45) is 4.33. The Bertz CT molecular complexity index is 105. The lowest BCUT2D eigenvalue weighted by Crippen LogP contribution is -2.20. The van der Waals surface area contributed by atoms with Gasteiger partial charge in [0.25, 0.3) is 0 Å². The molecule has 0 aromatic carbocycles. The molecule has 0 aromatic heterocycles. The van der Waals surface area contributed by atoms with E-state index < -0.39 is 0 Å². The highest BCUT2D eigenvalue weighted by Gasteiger charge is 2.36. The zero-order valence-electron chi connectivity index (χ0n) is 7.48. The van der Waals surface area contributed by atoms with E-state index in [1.165, 1.54) is 32.4 Å². The first-order valence-electron chi connectivity index (χ1n) is 4.35. The zero-order valence-corrected chi connectivity index (χ0v) is 7.48. The van der Waals surface area contributed by atoms with Gasteiger partial charge < -0.3 is 4.90 Å². The molecule has 1 heteroatoms. The van der Waals surface area contributed by atoms with E-state index in [0.717, 1.165) is 5.41 Å². The van der Waals surface area contributed by atoms with Crippen molar-refractivity contribution < 1.29 is 0 Å². The van der Waals surface area contributed by atoms with Crippen LogP contribution in [-0.2, 0) is 0 Å². The van der Waals surface area contributed by atoms with E-state index in [2.05, 4.69) is 25.8 Å². The van der Waals surface area contributed by atoms with Crippen molar-refractivity contribution in [1.29, 1.82) is 0 Å². The van der Waals surface area contributed by atoms with Crippen LogP contribution in [0.4, 0.5) is 0 Å². The molecule has 0 atom stereocenters. The number of nitrogens with zero attached hydrogens (tertiary/aromatic N) is 1. The Morgan fingerprint density at radius 1 is 1.40 bits per heavy atom. The minimum absolute atomic E-state index is 0.740. The summed E-state index contributed by atoms with van der Waals surface area (Å²) in [6.45, 7) is 7.09. The molecule has 0 aromatic rings. The lowest BCUT2D eigenvalue weighted by atomic mass is 10.1. The number of hydrogen-bond acceptors (Lipinski definition) is 1. The van der Waals surface area contributed by atoms with Crippen molar-refractivity contribution in [2.45, 2.75) is 33.1 Å². The summed E-state index contributed by atoms with van der Waals surface area (Å²) >= 11 is 0. The van der Waals surface area contributed by atoms with Crippen molar-refractivity contribution in [2.24, 2.45) is 5.41 Å². The van der Waals surface area contributed by atoms with E-state index in [1.807, 2.05) is 0 Å². The highest BCUT2D eigenvalue weighted by atomic mass is 15.1. The molecule has 0 spiro atoms. The maximum Gasteiger partial charge on any atom is -0.00167 e.